The summed E-state index contributed by atoms with van der Waals surface area (Å²) < 4.78 is 13.2. The molecule has 1 saturated carbocycles. The number of methoxy groups -OCH3 is 2. The van der Waals surface area contributed by atoms with Crippen LogP contribution in [0.1, 0.15) is 84.0 Å². The Morgan fingerprint density at radius 1 is 0.979 bits per heavy atom. The molecule has 0 spiro atoms. The number of nitrogens with one attached hydrogen (secondary N) is 2. The number of piperidine rings is 1. The van der Waals surface area contributed by atoms with Crippen LogP contribution in [0.2, 0.25) is 0 Å². The van der Waals surface area contributed by atoms with Crippen LogP contribution < -0.4 is 20.1 Å². The van der Waals surface area contributed by atoms with Crippen molar-refractivity contribution < 1.29 is 14.6 Å². The molecule has 3 aromatic heterocycles. The number of nitrogens with zero attached hydrogens (tertiary/aromatic N) is 6. The van der Waals surface area contributed by atoms with Crippen LogP contribution in [0.15, 0.2) is 36.8 Å². The van der Waals surface area contributed by atoms with Crippen LogP contribution in [-0.2, 0) is 13.0 Å². The monoisotopic (exact) mass is 642 g/mol. The number of anilines is 2. The van der Waals surface area contributed by atoms with Crippen molar-refractivity contribution in [2.75, 3.05) is 31.9 Å². The molecule has 2 aliphatic rings. The third-order valence-electron chi connectivity index (χ3n) is 10.4. The maximum absolute atomic E-state index is 10.2. The van der Waals surface area contributed by atoms with Crippen molar-refractivity contribution in [2.45, 2.75) is 109 Å². The number of hydrogen-bond acceptors (Lipinski definition) is 10. The molecule has 1 aromatic carbocycles. The summed E-state index contributed by atoms with van der Waals surface area (Å²) in [4.78, 5) is 17.8. The van der Waals surface area contributed by atoms with E-state index >= 15 is 0 Å². The van der Waals surface area contributed by atoms with E-state index in [1.807, 2.05) is 30.6 Å². The molecule has 11 heteroatoms. The first-order chi connectivity index (χ1) is 22.4. The highest BCUT2D eigenvalue weighted by molar-refractivity contribution is 5.97. The van der Waals surface area contributed by atoms with Gasteiger partial charge in [-0.25, -0.2) is 15.0 Å². The number of likely N-dealkylation sites (tertiary alicyclic amines) is 1. The van der Waals surface area contributed by atoms with Crippen molar-refractivity contribution in [1.29, 1.82) is 0 Å². The predicted octanol–water partition coefficient (Wildman–Crippen LogP) is 6.23. The molecule has 2 fully saturated rings. The van der Waals surface area contributed by atoms with Gasteiger partial charge in [-0.15, -0.1) is 0 Å². The summed E-state index contributed by atoms with van der Waals surface area (Å²) in [6, 6.07) is 6.22. The first kappa shape index (κ1) is 33.0. The zero-order chi connectivity index (χ0) is 33.5. The average Bonchev–Trinajstić information content (AvgIpc) is 3.71. The highest BCUT2D eigenvalue weighted by Gasteiger charge is 2.44. The van der Waals surface area contributed by atoms with Crippen molar-refractivity contribution in [3.05, 3.63) is 48.0 Å². The van der Waals surface area contributed by atoms with Gasteiger partial charge in [0.05, 0.1) is 38.3 Å². The quantitative estimate of drug-likeness (QED) is 0.184. The second-order valence-corrected chi connectivity index (χ2v) is 14.4. The van der Waals surface area contributed by atoms with Gasteiger partial charge in [-0.2, -0.15) is 5.10 Å². The van der Waals surface area contributed by atoms with E-state index in [4.69, 9.17) is 29.5 Å². The van der Waals surface area contributed by atoms with Crippen molar-refractivity contribution in [3.63, 3.8) is 0 Å². The third kappa shape index (κ3) is 6.60. The number of aryl methyl sites for hydroxylation is 1. The van der Waals surface area contributed by atoms with Gasteiger partial charge in [0.1, 0.15) is 28.4 Å². The van der Waals surface area contributed by atoms with Crippen molar-refractivity contribution in [3.8, 4) is 22.6 Å². The van der Waals surface area contributed by atoms with Crippen LogP contribution in [0.5, 0.6) is 11.5 Å². The molecule has 4 aromatic rings. The predicted molar refractivity (Wildman–Crippen MR) is 186 cm³/mol. The molecule has 252 valence electrons. The molecule has 0 bridgehead atoms. The number of pyridine rings is 1. The van der Waals surface area contributed by atoms with E-state index in [1.165, 1.54) is 0 Å². The van der Waals surface area contributed by atoms with E-state index < -0.39 is 0 Å². The highest BCUT2D eigenvalue weighted by Crippen LogP contribution is 2.43. The van der Waals surface area contributed by atoms with Crippen molar-refractivity contribution in [1.82, 2.24) is 29.6 Å². The van der Waals surface area contributed by atoms with Crippen molar-refractivity contribution >= 4 is 22.7 Å². The lowest BCUT2D eigenvalue weighted by Gasteiger charge is -2.53. The summed E-state index contributed by atoms with van der Waals surface area (Å²) in [5.41, 5.74) is 5.24. The number of aromatic nitrogens is 5. The Kier molecular flexibility index (Phi) is 9.06. The normalized spacial score (nSPS) is 21.2. The van der Waals surface area contributed by atoms with Gasteiger partial charge in [0.15, 0.2) is 5.82 Å². The van der Waals surface area contributed by atoms with E-state index in [0.717, 1.165) is 70.9 Å². The van der Waals surface area contributed by atoms with Crippen LogP contribution in [-0.4, -0.2) is 79.2 Å². The van der Waals surface area contributed by atoms with Crippen LogP contribution in [0, 0.1) is 0 Å². The first-order valence-corrected chi connectivity index (χ1v) is 16.8. The van der Waals surface area contributed by atoms with E-state index in [1.54, 1.807) is 14.2 Å². The molecule has 1 aliphatic carbocycles. The lowest BCUT2D eigenvalue weighted by atomic mass is 9.77. The molecule has 0 unspecified atom stereocenters. The van der Waals surface area contributed by atoms with Gasteiger partial charge in [0.25, 0.3) is 0 Å². The molecule has 6 rings (SSSR count). The minimum Gasteiger partial charge on any atom is -0.497 e. The molecule has 47 heavy (non-hydrogen) atoms. The Balaban J connectivity index is 1.39. The van der Waals surface area contributed by atoms with E-state index in [0.29, 0.717) is 30.7 Å². The van der Waals surface area contributed by atoms with Gasteiger partial charge in [-0.05, 0) is 85.4 Å². The van der Waals surface area contributed by atoms with Crippen LogP contribution in [0.3, 0.4) is 0 Å². The van der Waals surface area contributed by atoms with Crippen LogP contribution >= 0.6 is 0 Å². The Morgan fingerprint density at radius 3 is 2.40 bits per heavy atom. The minimum absolute atomic E-state index is 0.0447. The number of benzene rings is 1. The largest absolute Gasteiger partial charge is 0.497 e. The summed E-state index contributed by atoms with van der Waals surface area (Å²) in [5.74, 6) is 2.88. The van der Waals surface area contributed by atoms with Crippen LogP contribution in [0.4, 0.5) is 11.6 Å². The average molecular weight is 643 g/mol. The summed E-state index contributed by atoms with van der Waals surface area (Å²) in [6.45, 7) is 11.8. The van der Waals surface area contributed by atoms with Gasteiger partial charge >= 0.3 is 0 Å². The summed E-state index contributed by atoms with van der Waals surface area (Å²) >= 11 is 0. The SMILES string of the molecule is CCc1nc2c(NCc3ccc(OC)cc3OC)ncc(-c3cnn(C4CC(C)(C)N(C)C(C)(C)C4)c3)c2nc1N[C@@H]1CC[C@H](O)C1. The number of hydrogen-bond donors (Lipinski definition) is 3. The fourth-order valence-corrected chi connectivity index (χ4v) is 7.42. The van der Waals surface area contributed by atoms with E-state index in [2.05, 4.69) is 68.1 Å². The fourth-order valence-electron chi connectivity index (χ4n) is 7.42. The Bertz CT molecular complexity index is 1720. The van der Waals surface area contributed by atoms with E-state index in [9.17, 15) is 5.11 Å². The maximum Gasteiger partial charge on any atom is 0.154 e. The summed E-state index contributed by atoms with van der Waals surface area (Å²) in [6.07, 6.45) is 10.8. The number of ether oxygens (including phenoxy) is 2. The second kappa shape index (κ2) is 12.9. The van der Waals surface area contributed by atoms with Crippen molar-refractivity contribution in [2.24, 2.45) is 0 Å². The molecule has 11 nitrogen and oxygen atoms in total. The van der Waals surface area contributed by atoms with Crippen LogP contribution in [0.25, 0.3) is 22.2 Å². The minimum atomic E-state index is -0.281. The molecule has 0 amide bonds. The van der Waals surface area contributed by atoms with E-state index in [-0.39, 0.29) is 29.3 Å². The maximum atomic E-state index is 10.2. The molecular weight excluding hydrogens is 592 g/mol. The molecule has 0 radical (unpaired) electrons. The first-order valence-electron chi connectivity index (χ1n) is 16.8. The van der Waals surface area contributed by atoms with Gasteiger partial charge in [0.2, 0.25) is 0 Å². The molecule has 1 saturated heterocycles. The molecule has 3 N–H and O–H groups in total. The number of aliphatic hydroxyl groups is 1. The fraction of sp³-hybridized carbons (Fsp3) is 0.556. The second-order valence-electron chi connectivity index (χ2n) is 14.4. The van der Waals surface area contributed by atoms with Gasteiger partial charge < -0.3 is 25.2 Å². The third-order valence-corrected chi connectivity index (χ3v) is 10.4. The summed E-state index contributed by atoms with van der Waals surface area (Å²) in [5, 5.41) is 22.2. The van der Waals surface area contributed by atoms with Gasteiger partial charge in [0, 0.05) is 58.8 Å². The highest BCUT2D eigenvalue weighted by atomic mass is 16.5. The van der Waals surface area contributed by atoms with Gasteiger partial charge in [-0.3, -0.25) is 9.58 Å². The number of rotatable bonds is 10. The molecule has 2 atom stereocenters. The zero-order valence-electron chi connectivity index (χ0n) is 29.1. The molecular formula is C36H50N8O3. The molecule has 1 aliphatic heterocycles. The zero-order valence-corrected chi connectivity index (χ0v) is 29.1. The Morgan fingerprint density at radius 2 is 1.74 bits per heavy atom. The number of fused-ring (bicyclic) bond motifs is 1. The van der Waals surface area contributed by atoms with Gasteiger partial charge in [-0.1, -0.05) is 6.92 Å². The lowest BCUT2D eigenvalue weighted by Crippen LogP contribution is -2.58. The Hall–Kier alpha value is -3.96. The lowest BCUT2D eigenvalue weighted by molar-refractivity contribution is -0.0285. The standard InChI is InChI=1S/C36H50N8O3/c1-9-29-33(40-24-11-12-26(45)14-24)42-31-28(23-19-39-44(21-23)25-16-35(2,3)43(6)36(4,5)17-25)20-38-34(32(31)41-29)37-18-22-10-13-27(46-7)15-30(22)47-8/h10,13,15,19-21,24-26,45H,9,11-12,14,16-18H2,1-8H3,(H,37,38)(H,40,42)/t24-,26+/m1/s1. The topological polar surface area (TPSA) is 122 Å². The number of aliphatic hydroxyl groups excluding tert-OH is 1. The molecule has 4 heterocycles. The smallest absolute Gasteiger partial charge is 0.154 e. The summed E-state index contributed by atoms with van der Waals surface area (Å²) in [7, 11) is 5.53. The Labute approximate surface area is 278 Å².